The lowest BCUT2D eigenvalue weighted by Gasteiger charge is -2.19. The fraction of sp³-hybridized carbons (Fsp3) is 0.250. The summed E-state index contributed by atoms with van der Waals surface area (Å²) in [7, 11) is -3.42. The van der Waals surface area contributed by atoms with Crippen molar-refractivity contribution in [2.75, 3.05) is 19.8 Å². The number of hydrogen-bond donors (Lipinski definition) is 0. The van der Waals surface area contributed by atoms with Gasteiger partial charge in [0.15, 0.2) is 11.5 Å². The van der Waals surface area contributed by atoms with Gasteiger partial charge in [-0.3, -0.25) is 13.6 Å². The van der Waals surface area contributed by atoms with Gasteiger partial charge in [-0.1, -0.05) is 91.0 Å². The molecule has 1 aliphatic rings. The van der Waals surface area contributed by atoms with E-state index in [0.29, 0.717) is 49.9 Å². The van der Waals surface area contributed by atoms with Gasteiger partial charge in [0.2, 0.25) is 5.75 Å². The molecule has 0 aliphatic carbocycles. The number of aryl methyl sites for hydroxylation is 1. The van der Waals surface area contributed by atoms with E-state index in [-0.39, 0.29) is 19.8 Å². The number of benzene rings is 4. The first-order chi connectivity index (χ1) is 19.7. The zero-order valence-corrected chi connectivity index (χ0v) is 23.2. The first kappa shape index (κ1) is 27.9. The van der Waals surface area contributed by atoms with E-state index in [2.05, 4.69) is 0 Å². The maximum atomic E-state index is 12.3. The fourth-order valence-corrected chi connectivity index (χ4v) is 5.37. The highest BCUT2D eigenvalue weighted by Crippen LogP contribution is 2.52. The van der Waals surface area contributed by atoms with Crippen molar-refractivity contribution in [2.24, 2.45) is 0 Å². The van der Waals surface area contributed by atoms with Crippen LogP contribution in [-0.4, -0.2) is 19.8 Å². The van der Waals surface area contributed by atoms with Gasteiger partial charge in [0.05, 0.1) is 19.8 Å². The van der Waals surface area contributed by atoms with E-state index in [0.717, 1.165) is 22.3 Å². The maximum absolute atomic E-state index is 12.3. The fourth-order valence-electron chi connectivity index (χ4n) is 4.19. The minimum Gasteiger partial charge on any atom is -0.485 e. The zero-order chi connectivity index (χ0) is 27.5. The van der Waals surface area contributed by atoms with Crippen LogP contribution in [0, 0.1) is 0 Å². The van der Waals surface area contributed by atoms with Crippen LogP contribution in [-0.2, 0) is 44.4 Å². The van der Waals surface area contributed by atoms with Crippen molar-refractivity contribution in [1.29, 1.82) is 0 Å². The number of ether oxygens (including phenoxy) is 3. The molecule has 4 aromatic rings. The maximum Gasteiger partial charge on any atom is 0.474 e. The quantitative estimate of drug-likeness (QED) is 0.117. The Morgan fingerprint density at radius 3 is 1.52 bits per heavy atom. The molecule has 7 nitrogen and oxygen atoms in total. The van der Waals surface area contributed by atoms with Crippen LogP contribution in [0.5, 0.6) is 17.2 Å². The van der Waals surface area contributed by atoms with E-state index in [9.17, 15) is 4.57 Å². The third kappa shape index (κ3) is 8.20. The Balaban J connectivity index is 1.38. The minimum absolute atomic E-state index is 0.240. The molecule has 1 heterocycles. The lowest BCUT2D eigenvalue weighted by atomic mass is 10.1. The third-order valence-corrected chi connectivity index (χ3v) is 7.72. The molecule has 40 heavy (non-hydrogen) atoms. The average molecular weight is 561 g/mol. The van der Waals surface area contributed by atoms with Gasteiger partial charge in [0.25, 0.3) is 0 Å². The van der Waals surface area contributed by atoms with E-state index in [4.69, 9.17) is 27.8 Å². The molecule has 1 saturated heterocycles. The van der Waals surface area contributed by atoms with Crippen LogP contribution in [0.4, 0.5) is 0 Å². The molecule has 0 saturated carbocycles. The summed E-state index contributed by atoms with van der Waals surface area (Å²) in [6, 6.07) is 33.9. The molecule has 0 aromatic heterocycles. The van der Waals surface area contributed by atoms with Crippen molar-refractivity contribution in [3.63, 3.8) is 0 Å². The summed E-state index contributed by atoms with van der Waals surface area (Å²) < 4.78 is 46.9. The Morgan fingerprint density at radius 2 is 1.05 bits per heavy atom. The van der Waals surface area contributed by atoms with Crippen molar-refractivity contribution < 1.29 is 32.3 Å². The van der Waals surface area contributed by atoms with Crippen molar-refractivity contribution >= 4 is 7.82 Å². The van der Waals surface area contributed by atoms with Crippen molar-refractivity contribution in [2.45, 2.75) is 32.7 Å². The number of phosphoric acid groups is 1. The molecule has 4 aromatic carbocycles. The Bertz CT molecular complexity index is 1310. The van der Waals surface area contributed by atoms with E-state index in [1.165, 1.54) is 0 Å². The molecule has 5 rings (SSSR count). The highest BCUT2D eigenvalue weighted by molar-refractivity contribution is 7.48. The normalized spacial score (nSPS) is 14.1. The van der Waals surface area contributed by atoms with Crippen molar-refractivity contribution in [1.82, 2.24) is 0 Å². The summed E-state index contributed by atoms with van der Waals surface area (Å²) >= 11 is 0. The average Bonchev–Trinajstić information content (AvgIpc) is 3.44. The predicted molar refractivity (Wildman–Crippen MR) is 153 cm³/mol. The van der Waals surface area contributed by atoms with Gasteiger partial charge in [-0.15, -0.1) is 0 Å². The van der Waals surface area contributed by atoms with Gasteiger partial charge in [-0.05, 0) is 47.2 Å². The monoisotopic (exact) mass is 560 g/mol. The van der Waals surface area contributed by atoms with Crippen LogP contribution in [0.2, 0.25) is 0 Å². The highest BCUT2D eigenvalue weighted by atomic mass is 31.2. The van der Waals surface area contributed by atoms with Gasteiger partial charge in [0.1, 0.15) is 19.8 Å². The van der Waals surface area contributed by atoms with E-state index < -0.39 is 7.82 Å². The molecule has 1 aliphatic heterocycles. The lowest BCUT2D eigenvalue weighted by molar-refractivity contribution is 0.188. The standard InChI is InChI=1S/C32H33O7P/c33-40(38-19-20-39-40)37-18-10-17-29-21-30(34-23-26-11-4-1-5-12-26)32(36-25-28-15-8-3-9-16-28)31(22-29)35-24-27-13-6-2-7-14-27/h1-9,11-16,21-22H,10,17-20,23-25H2. The topological polar surface area (TPSA) is 72.5 Å². The molecule has 208 valence electrons. The summed E-state index contributed by atoms with van der Waals surface area (Å²) in [4.78, 5) is 0. The van der Waals surface area contributed by atoms with Gasteiger partial charge in [0, 0.05) is 0 Å². The number of phosphoric ester groups is 1. The molecule has 0 radical (unpaired) electrons. The SMILES string of the molecule is O=P1(OCCCc2cc(OCc3ccccc3)c(OCc3ccccc3)c(OCc3ccccc3)c2)OCCO1. The van der Waals surface area contributed by atoms with Crippen molar-refractivity contribution in [3.05, 3.63) is 125 Å². The Hall–Kier alpha value is -3.61. The van der Waals surface area contributed by atoms with Gasteiger partial charge < -0.3 is 14.2 Å². The molecule has 0 amide bonds. The first-order valence-corrected chi connectivity index (χ1v) is 14.8. The summed E-state index contributed by atoms with van der Waals surface area (Å²) in [6.45, 7) is 1.94. The van der Waals surface area contributed by atoms with Crippen LogP contribution >= 0.6 is 7.82 Å². The molecule has 1 fully saturated rings. The molecule has 0 N–H and O–H groups in total. The van der Waals surface area contributed by atoms with Crippen LogP contribution in [0.15, 0.2) is 103 Å². The Morgan fingerprint density at radius 1 is 0.600 bits per heavy atom. The van der Waals surface area contributed by atoms with Gasteiger partial charge in [-0.2, -0.15) is 0 Å². The first-order valence-electron chi connectivity index (χ1n) is 13.4. The van der Waals surface area contributed by atoms with E-state index in [1.807, 2.05) is 103 Å². The molecular weight excluding hydrogens is 527 g/mol. The van der Waals surface area contributed by atoms with Crippen LogP contribution in [0.3, 0.4) is 0 Å². The predicted octanol–water partition coefficient (Wildman–Crippen LogP) is 7.53. The second kappa shape index (κ2) is 14.1. The zero-order valence-electron chi connectivity index (χ0n) is 22.3. The Labute approximate surface area is 235 Å². The van der Waals surface area contributed by atoms with E-state index in [1.54, 1.807) is 0 Å². The second-order valence-electron chi connectivity index (χ2n) is 9.29. The molecule has 8 heteroatoms. The number of rotatable bonds is 14. The number of hydrogen-bond acceptors (Lipinski definition) is 7. The lowest BCUT2D eigenvalue weighted by Crippen LogP contribution is -2.05. The minimum atomic E-state index is -3.42. The summed E-state index contributed by atoms with van der Waals surface area (Å²) in [5.74, 6) is 1.74. The highest BCUT2D eigenvalue weighted by Gasteiger charge is 2.31. The molecule has 0 unspecified atom stereocenters. The van der Waals surface area contributed by atoms with Crippen LogP contribution in [0.1, 0.15) is 28.7 Å². The van der Waals surface area contributed by atoms with Gasteiger partial charge >= 0.3 is 7.82 Å². The molecule has 0 atom stereocenters. The summed E-state index contributed by atoms with van der Waals surface area (Å²) in [6.07, 6.45) is 1.25. The molecule has 0 spiro atoms. The van der Waals surface area contributed by atoms with E-state index >= 15 is 0 Å². The molecular formula is C32H33O7P. The molecule has 0 bridgehead atoms. The summed E-state index contributed by atoms with van der Waals surface area (Å²) in [5, 5.41) is 0. The summed E-state index contributed by atoms with van der Waals surface area (Å²) in [5.41, 5.74) is 4.11. The van der Waals surface area contributed by atoms with Crippen LogP contribution < -0.4 is 14.2 Å². The third-order valence-electron chi connectivity index (χ3n) is 6.22. The van der Waals surface area contributed by atoms with Crippen LogP contribution in [0.25, 0.3) is 0 Å². The smallest absolute Gasteiger partial charge is 0.474 e. The largest absolute Gasteiger partial charge is 0.485 e. The Kier molecular flexibility index (Phi) is 9.88. The van der Waals surface area contributed by atoms with Crippen molar-refractivity contribution in [3.8, 4) is 17.2 Å². The second-order valence-corrected chi connectivity index (χ2v) is 11.0. The van der Waals surface area contributed by atoms with Gasteiger partial charge in [-0.25, -0.2) is 4.57 Å².